The smallest absolute Gasteiger partial charge is 0.336 e. The minimum Gasteiger partial charge on any atom is -0.465 e. The second-order valence-electron chi connectivity index (χ2n) is 8.87. The minimum atomic E-state index is -3.81. The van der Waals surface area contributed by atoms with Gasteiger partial charge in [0.25, 0.3) is 0 Å². The molecule has 2 unspecified atom stereocenters. The van der Waals surface area contributed by atoms with Crippen LogP contribution in [0, 0.1) is 5.92 Å². The number of allylic oxidation sites excluding steroid dienone is 1. The number of hydrogen-bond acceptors (Lipinski definition) is 9. The van der Waals surface area contributed by atoms with Crippen LogP contribution in [0.15, 0.2) is 75.1 Å². The lowest BCUT2D eigenvalue weighted by Crippen LogP contribution is -2.36. The van der Waals surface area contributed by atoms with E-state index in [1.165, 1.54) is 23.5 Å². The second-order valence-corrected chi connectivity index (χ2v) is 11.3. The van der Waals surface area contributed by atoms with E-state index >= 15 is 0 Å². The van der Waals surface area contributed by atoms with Crippen LogP contribution in [0.4, 0.5) is 0 Å². The summed E-state index contributed by atoms with van der Waals surface area (Å²) in [6, 6.07) is 13.6. The molecule has 0 bridgehead atoms. The molecule has 0 aliphatic carbocycles. The molecule has 0 spiro atoms. The molecule has 1 aromatic heterocycles. The monoisotopic (exact) mass is 567 g/mol. The van der Waals surface area contributed by atoms with Gasteiger partial charge < -0.3 is 9.47 Å². The number of primary sulfonamides is 1. The van der Waals surface area contributed by atoms with Gasteiger partial charge in [0, 0.05) is 33.8 Å². The number of aromatic nitrogens is 1. The second kappa shape index (κ2) is 11.6. The predicted octanol–water partition coefficient (Wildman–Crippen LogP) is 4.70. The molecule has 1 aliphatic heterocycles. The number of rotatable bonds is 8. The lowest BCUT2D eigenvalue weighted by molar-refractivity contribution is -0.146. The van der Waals surface area contributed by atoms with Crippen molar-refractivity contribution in [2.75, 3.05) is 13.2 Å². The Morgan fingerprint density at radius 1 is 1.00 bits per heavy atom. The van der Waals surface area contributed by atoms with Gasteiger partial charge in [-0.15, -0.1) is 11.3 Å². The maximum Gasteiger partial charge on any atom is 0.336 e. The van der Waals surface area contributed by atoms with Gasteiger partial charge in [0.05, 0.1) is 29.4 Å². The first-order valence-electron chi connectivity index (χ1n) is 12.3. The summed E-state index contributed by atoms with van der Waals surface area (Å²) in [7, 11) is -3.81. The van der Waals surface area contributed by atoms with Gasteiger partial charge in [-0.2, -0.15) is 0 Å². The van der Waals surface area contributed by atoms with Gasteiger partial charge in [0.15, 0.2) is 0 Å². The largest absolute Gasteiger partial charge is 0.465 e. The molecule has 204 valence electrons. The molecule has 4 rings (SSSR count). The number of nitrogens with two attached hydrogens (primary N) is 1. The highest BCUT2D eigenvalue weighted by Crippen LogP contribution is 2.44. The van der Waals surface area contributed by atoms with E-state index in [1.807, 2.05) is 29.6 Å². The molecule has 2 aromatic carbocycles. The van der Waals surface area contributed by atoms with Crippen molar-refractivity contribution in [3.8, 4) is 21.8 Å². The average molecular weight is 568 g/mol. The summed E-state index contributed by atoms with van der Waals surface area (Å²) in [6.07, 6.45) is 0. The number of hydrogen-bond donors (Lipinski definition) is 1. The van der Waals surface area contributed by atoms with Gasteiger partial charge in [-0.1, -0.05) is 36.4 Å². The van der Waals surface area contributed by atoms with Crippen LogP contribution < -0.4 is 5.14 Å². The molecule has 11 heteroatoms. The van der Waals surface area contributed by atoms with E-state index < -0.39 is 33.8 Å². The lowest BCUT2D eigenvalue weighted by Gasteiger charge is -2.32. The molecule has 0 saturated carbocycles. The summed E-state index contributed by atoms with van der Waals surface area (Å²) in [5, 5.41) is 7.75. The van der Waals surface area contributed by atoms with Gasteiger partial charge in [-0.3, -0.25) is 9.79 Å². The highest BCUT2D eigenvalue weighted by atomic mass is 32.2. The van der Waals surface area contributed by atoms with Crippen molar-refractivity contribution >= 4 is 39.0 Å². The molecule has 39 heavy (non-hydrogen) atoms. The molecule has 2 atom stereocenters. The maximum absolute atomic E-state index is 13.2. The van der Waals surface area contributed by atoms with Crippen molar-refractivity contribution in [1.29, 1.82) is 0 Å². The number of ether oxygens (including phenoxy) is 2. The third kappa shape index (κ3) is 5.85. The average Bonchev–Trinajstić information content (AvgIpc) is 3.38. The van der Waals surface area contributed by atoms with Crippen LogP contribution in [0.1, 0.15) is 39.2 Å². The van der Waals surface area contributed by atoms with Gasteiger partial charge in [0.2, 0.25) is 10.0 Å². The zero-order valence-electron chi connectivity index (χ0n) is 22.0. The summed E-state index contributed by atoms with van der Waals surface area (Å²) in [6.45, 7) is 7.32. The number of sulfonamides is 1. The van der Waals surface area contributed by atoms with Crippen molar-refractivity contribution in [3.05, 3.63) is 70.7 Å². The van der Waals surface area contributed by atoms with E-state index in [9.17, 15) is 18.0 Å². The Morgan fingerprint density at radius 2 is 1.67 bits per heavy atom. The number of aliphatic imine (C=N–C) groups is 1. The van der Waals surface area contributed by atoms with Crippen LogP contribution in [-0.4, -0.2) is 44.3 Å². The number of carbonyl (C=O) groups is 2. The first-order chi connectivity index (χ1) is 18.6. The van der Waals surface area contributed by atoms with Gasteiger partial charge in [-0.25, -0.2) is 23.3 Å². The first kappa shape index (κ1) is 28.3. The van der Waals surface area contributed by atoms with Crippen molar-refractivity contribution in [2.45, 2.75) is 38.5 Å². The summed E-state index contributed by atoms with van der Waals surface area (Å²) in [4.78, 5) is 35.8. The molecule has 0 radical (unpaired) electrons. The lowest BCUT2D eigenvalue weighted by atomic mass is 9.74. The van der Waals surface area contributed by atoms with Crippen molar-refractivity contribution in [2.24, 2.45) is 16.0 Å². The van der Waals surface area contributed by atoms with Crippen molar-refractivity contribution in [3.63, 3.8) is 0 Å². The molecule has 0 fully saturated rings. The van der Waals surface area contributed by atoms with E-state index in [0.29, 0.717) is 27.7 Å². The van der Waals surface area contributed by atoms with Crippen molar-refractivity contribution in [1.82, 2.24) is 4.98 Å². The molecule has 2 N–H and O–H groups in total. The molecule has 2 heterocycles. The number of carbonyl (C=O) groups excluding carboxylic acids is 2. The fourth-order valence-corrected chi connectivity index (χ4v) is 6.08. The number of esters is 2. The third-order valence-corrected chi connectivity index (χ3v) is 8.18. The van der Waals surface area contributed by atoms with E-state index in [0.717, 1.165) is 16.7 Å². The number of thiazole rings is 1. The van der Waals surface area contributed by atoms with Gasteiger partial charge in [-0.05, 0) is 45.4 Å². The third-order valence-electron chi connectivity index (χ3n) is 6.37. The Hall–Kier alpha value is -3.67. The van der Waals surface area contributed by atoms with Crippen molar-refractivity contribution < 1.29 is 27.5 Å². The summed E-state index contributed by atoms with van der Waals surface area (Å²) in [5.41, 5.74) is 4.18. The first-order valence-corrected chi connectivity index (χ1v) is 14.8. The minimum absolute atomic E-state index is 0.0139. The Balaban J connectivity index is 1.83. The molecular formula is C28H29N3O6S2. The van der Waals surface area contributed by atoms with Crippen LogP contribution in [0.3, 0.4) is 0 Å². The summed E-state index contributed by atoms with van der Waals surface area (Å²) < 4.78 is 34.0. The van der Waals surface area contributed by atoms with E-state index in [2.05, 4.69) is 4.99 Å². The van der Waals surface area contributed by atoms with Crippen LogP contribution in [0.25, 0.3) is 21.8 Å². The fraction of sp³-hybridized carbons (Fsp3) is 0.286. The van der Waals surface area contributed by atoms with Crippen LogP contribution in [0.5, 0.6) is 0 Å². The topological polar surface area (TPSA) is 138 Å². The Bertz CT molecular complexity index is 1570. The molecule has 0 amide bonds. The fourth-order valence-electron chi connectivity index (χ4n) is 4.69. The van der Waals surface area contributed by atoms with Gasteiger partial charge >= 0.3 is 11.9 Å². The van der Waals surface area contributed by atoms with E-state index in [1.54, 1.807) is 39.8 Å². The van der Waals surface area contributed by atoms with Crippen LogP contribution in [-0.2, 0) is 29.1 Å². The zero-order chi connectivity index (χ0) is 28.3. The van der Waals surface area contributed by atoms with Crippen LogP contribution >= 0.6 is 11.3 Å². The Morgan fingerprint density at radius 3 is 2.31 bits per heavy atom. The Kier molecular flexibility index (Phi) is 8.43. The SMILES string of the molecule is CCOC(=O)C1=C(C)N=C(C)C(C(=O)OCC)C1c1ccccc1-c1nc(-c2ccc(S(N)(=O)=O)cc2)cs1. The maximum atomic E-state index is 13.2. The summed E-state index contributed by atoms with van der Waals surface area (Å²) in [5.74, 6) is -2.52. The highest BCUT2D eigenvalue weighted by Gasteiger charge is 2.43. The highest BCUT2D eigenvalue weighted by molar-refractivity contribution is 7.89. The van der Waals surface area contributed by atoms with Crippen LogP contribution in [0.2, 0.25) is 0 Å². The molecule has 1 aliphatic rings. The zero-order valence-corrected chi connectivity index (χ0v) is 23.6. The van der Waals surface area contributed by atoms with E-state index in [-0.39, 0.29) is 18.1 Å². The molecule has 0 saturated heterocycles. The Labute approximate surface area is 231 Å². The van der Waals surface area contributed by atoms with Gasteiger partial charge in [0.1, 0.15) is 10.9 Å². The number of nitrogens with zero attached hydrogens (tertiary/aromatic N) is 2. The molecular weight excluding hydrogens is 538 g/mol. The normalized spacial score (nSPS) is 17.5. The quantitative estimate of drug-likeness (QED) is 0.389. The summed E-state index contributed by atoms with van der Waals surface area (Å²) >= 11 is 1.39. The molecule has 9 nitrogen and oxygen atoms in total. The number of benzene rings is 2. The molecule has 3 aromatic rings. The standard InChI is InChI=1S/C28H29N3O6S2/c1-5-36-27(32)23-16(3)30-17(4)24(28(33)37-6-2)25(23)20-9-7-8-10-21(20)26-31-22(15-38-26)18-11-13-19(14-12-18)39(29,34)35/h7-15,23,25H,5-6H2,1-4H3,(H2,29,34,35). The predicted molar refractivity (Wildman–Crippen MR) is 150 cm³/mol. The van der Waals surface area contributed by atoms with E-state index in [4.69, 9.17) is 19.6 Å².